The number of alkyl halides is 1. The normalized spacial score (nSPS) is 17.0. The van der Waals surface area contributed by atoms with Gasteiger partial charge in [0.15, 0.2) is 19.7 Å². The molecule has 4 fully saturated rings. The first-order valence-corrected chi connectivity index (χ1v) is 33.1. The first kappa shape index (κ1) is 69.2. The standard InChI is InChI=1S/C30H39FN4O7S.C21H32N4O5S.C9H8BrFO2/c1-30(2,3)42-29(38)34-13-11-32(12-14-34)20-22-5-9-25(10-6-22)35(28(37)33-15-17-43(39,40)18-16-33)21-24-8-7-23(19-26(24)31)27(36)41-4;1-21(2,3)30-20(27)25-10-8-23(9-11-25)16-17-4-6-18(7-5-17)22-19(26)24-12-14-31(28,29)15-13-24;1-13-9(12)6-2-3-7(5-10)8(11)4-6/h5-10,19H,11-18,20-21H2,1-4H3;4-7H,8-16H2,1-3H3,(H,22,26);2-4H,5H2,1H3. The molecule has 0 aliphatic carbocycles. The summed E-state index contributed by atoms with van der Waals surface area (Å²) in [5, 5.41) is 3.26. The smallest absolute Gasteiger partial charge is 0.410 e. The SMILES string of the molecule is CC(C)(C)OC(=O)N1CCN(Cc2ccc(NC(=O)N3CCS(=O)(=O)CC3)cc2)CC1.COC(=O)c1ccc(CBr)c(F)c1.COC(=O)c1ccc(CN(C(=O)N2CCS(=O)(=O)CC2)c2ccc(CN3CCN(C(=O)OC(C)(C)C)CC3)cc2)c(F)c1. The lowest BCUT2D eigenvalue weighted by atomic mass is 10.1. The number of hydrogen-bond donors (Lipinski definition) is 1. The summed E-state index contributed by atoms with van der Waals surface area (Å²) in [4.78, 5) is 85.6. The van der Waals surface area contributed by atoms with Crippen molar-refractivity contribution in [1.82, 2.24) is 29.4 Å². The predicted molar refractivity (Wildman–Crippen MR) is 328 cm³/mol. The third-order valence-electron chi connectivity index (χ3n) is 14.2. The van der Waals surface area contributed by atoms with Crippen molar-refractivity contribution in [2.24, 2.45) is 0 Å². The summed E-state index contributed by atoms with van der Waals surface area (Å²) in [5.74, 6) is -2.50. The van der Waals surface area contributed by atoms with Crippen molar-refractivity contribution >= 4 is 83.2 Å². The molecule has 8 rings (SSSR count). The first-order chi connectivity index (χ1) is 40.9. The molecule has 0 unspecified atom stereocenters. The lowest BCUT2D eigenvalue weighted by Crippen LogP contribution is -2.50. The number of sulfone groups is 2. The van der Waals surface area contributed by atoms with Crippen molar-refractivity contribution in [1.29, 1.82) is 0 Å². The first-order valence-electron chi connectivity index (χ1n) is 28.4. The maximum atomic E-state index is 15.0. The Balaban J connectivity index is 0.000000238. The van der Waals surface area contributed by atoms with Crippen LogP contribution in [0.3, 0.4) is 0 Å². The van der Waals surface area contributed by atoms with E-state index in [-0.39, 0.29) is 90.6 Å². The zero-order valence-corrected chi connectivity index (χ0v) is 53.7. The molecule has 87 heavy (non-hydrogen) atoms. The fourth-order valence-electron chi connectivity index (χ4n) is 9.27. The van der Waals surface area contributed by atoms with Gasteiger partial charge in [-0.15, -0.1) is 0 Å². The van der Waals surface area contributed by atoms with E-state index in [9.17, 15) is 50.0 Å². The number of rotatable bonds is 11. The van der Waals surface area contributed by atoms with Crippen LogP contribution in [-0.2, 0) is 63.6 Å². The molecule has 27 heteroatoms. The van der Waals surface area contributed by atoms with Crippen LogP contribution in [-0.4, -0.2) is 209 Å². The average Bonchev–Trinajstić information content (AvgIpc) is 3.37. The zero-order valence-electron chi connectivity index (χ0n) is 50.5. The third kappa shape index (κ3) is 21.7. The van der Waals surface area contributed by atoms with E-state index >= 15 is 4.39 Å². The Bertz CT molecular complexity index is 3250. The van der Waals surface area contributed by atoms with Crippen LogP contribution in [0.25, 0.3) is 0 Å². The van der Waals surface area contributed by atoms with E-state index in [4.69, 9.17) is 9.47 Å². The summed E-state index contributed by atoms with van der Waals surface area (Å²) in [6.07, 6.45) is -0.581. The minimum atomic E-state index is -3.21. The molecule has 4 heterocycles. The maximum Gasteiger partial charge on any atom is 0.410 e. The van der Waals surface area contributed by atoms with E-state index in [1.165, 1.54) is 53.2 Å². The van der Waals surface area contributed by atoms with Crippen molar-refractivity contribution in [3.8, 4) is 0 Å². The Kier molecular flexibility index (Phi) is 24.5. The highest BCUT2D eigenvalue weighted by Gasteiger charge is 2.32. The van der Waals surface area contributed by atoms with E-state index in [0.29, 0.717) is 68.1 Å². The second kappa shape index (κ2) is 30.8. The summed E-state index contributed by atoms with van der Waals surface area (Å²) >= 11 is 3.13. The monoisotopic (exact) mass is 1320 g/mol. The average molecular weight is 1320 g/mol. The number of ether oxygens (including phenoxy) is 4. The molecular weight excluding hydrogens is 1240 g/mol. The molecular formula is C60H79BrF2N8O14S2. The molecule has 0 atom stereocenters. The highest BCUT2D eigenvalue weighted by Crippen LogP contribution is 2.25. The molecule has 0 spiro atoms. The van der Waals surface area contributed by atoms with Crippen LogP contribution in [0.4, 0.5) is 39.3 Å². The van der Waals surface area contributed by atoms with E-state index in [0.717, 1.165) is 36.8 Å². The number of benzene rings is 4. The Morgan fingerprint density at radius 2 is 0.920 bits per heavy atom. The lowest BCUT2D eigenvalue weighted by Gasteiger charge is -2.35. The molecule has 0 bridgehead atoms. The number of nitrogens with one attached hydrogen (secondary N) is 1. The van der Waals surface area contributed by atoms with Crippen LogP contribution in [0.2, 0.25) is 0 Å². The fraction of sp³-hybridized carbons (Fsp3) is 0.500. The number of piperazine rings is 2. The second-order valence-corrected chi connectivity index (χ2v) is 28.3. The van der Waals surface area contributed by atoms with Gasteiger partial charge in [-0.1, -0.05) is 52.3 Å². The lowest BCUT2D eigenvalue weighted by molar-refractivity contribution is 0.0129. The Hall–Kier alpha value is -6.94. The number of urea groups is 2. The summed E-state index contributed by atoms with van der Waals surface area (Å²) in [6, 6.07) is 22.5. The van der Waals surface area contributed by atoms with Gasteiger partial charge in [-0.05, 0) is 107 Å². The van der Waals surface area contributed by atoms with Gasteiger partial charge in [0.25, 0.3) is 0 Å². The molecule has 4 aromatic carbocycles. The largest absolute Gasteiger partial charge is 0.465 e. The van der Waals surface area contributed by atoms with Gasteiger partial charge in [-0.3, -0.25) is 14.7 Å². The molecule has 0 saturated carbocycles. The van der Waals surface area contributed by atoms with Crippen LogP contribution in [0.1, 0.15) is 84.5 Å². The highest BCUT2D eigenvalue weighted by atomic mass is 79.9. The Labute approximate surface area is 516 Å². The van der Waals surface area contributed by atoms with Gasteiger partial charge in [0.05, 0.1) is 54.9 Å². The minimum Gasteiger partial charge on any atom is -0.465 e. The quantitative estimate of drug-likeness (QED) is 0.0849. The van der Waals surface area contributed by atoms with Gasteiger partial charge in [0, 0.05) is 114 Å². The molecule has 4 aromatic rings. The maximum absolute atomic E-state index is 15.0. The van der Waals surface area contributed by atoms with E-state index in [1.807, 2.05) is 77.9 Å². The summed E-state index contributed by atoms with van der Waals surface area (Å²) < 4.78 is 95.0. The Morgan fingerprint density at radius 3 is 1.30 bits per heavy atom. The number of anilines is 2. The van der Waals surface area contributed by atoms with Gasteiger partial charge in [0.1, 0.15) is 22.8 Å². The third-order valence-corrected chi connectivity index (χ3v) is 18.0. The van der Waals surface area contributed by atoms with Crippen molar-refractivity contribution in [2.75, 3.05) is 126 Å². The molecule has 4 aliphatic heterocycles. The minimum absolute atomic E-state index is 0.0144. The van der Waals surface area contributed by atoms with Crippen LogP contribution >= 0.6 is 15.9 Å². The number of amides is 6. The number of methoxy groups -OCH3 is 2. The molecule has 6 amide bonds. The molecule has 0 aromatic heterocycles. The van der Waals surface area contributed by atoms with E-state index in [2.05, 4.69) is 40.5 Å². The van der Waals surface area contributed by atoms with Crippen molar-refractivity contribution in [2.45, 2.75) is 77.7 Å². The molecule has 4 aliphatic rings. The summed E-state index contributed by atoms with van der Waals surface area (Å²) in [7, 11) is -3.75. The Morgan fingerprint density at radius 1 is 0.529 bits per heavy atom. The number of carbonyl (C=O) groups excluding carboxylic acids is 6. The summed E-state index contributed by atoms with van der Waals surface area (Å²) in [6.45, 7) is 18.2. The van der Waals surface area contributed by atoms with Gasteiger partial charge in [0.2, 0.25) is 0 Å². The van der Waals surface area contributed by atoms with Crippen LogP contribution in [0.15, 0.2) is 84.9 Å². The molecule has 476 valence electrons. The topological polar surface area (TPSA) is 242 Å². The molecule has 0 radical (unpaired) electrons. The van der Waals surface area contributed by atoms with Crippen molar-refractivity contribution in [3.63, 3.8) is 0 Å². The number of hydrogen-bond acceptors (Lipinski definition) is 16. The van der Waals surface area contributed by atoms with Crippen LogP contribution < -0.4 is 10.2 Å². The highest BCUT2D eigenvalue weighted by molar-refractivity contribution is 9.08. The van der Waals surface area contributed by atoms with Crippen LogP contribution in [0.5, 0.6) is 0 Å². The predicted octanol–water partition coefficient (Wildman–Crippen LogP) is 8.03. The molecule has 4 saturated heterocycles. The van der Waals surface area contributed by atoms with Crippen molar-refractivity contribution in [3.05, 3.63) is 130 Å². The summed E-state index contributed by atoms with van der Waals surface area (Å²) in [5.41, 5.74) is 3.28. The van der Waals surface area contributed by atoms with Gasteiger partial charge in [-0.25, -0.2) is 54.4 Å². The van der Waals surface area contributed by atoms with E-state index in [1.54, 1.807) is 28.0 Å². The molecule has 22 nitrogen and oxygen atoms in total. The number of halogens is 3. The van der Waals surface area contributed by atoms with E-state index < -0.39 is 60.5 Å². The zero-order chi connectivity index (χ0) is 63.9. The fourth-order valence-corrected chi connectivity index (χ4v) is 12.1. The van der Waals surface area contributed by atoms with Crippen molar-refractivity contribution < 1.29 is 73.3 Å². The number of nitrogens with zero attached hydrogens (tertiary/aromatic N) is 7. The van der Waals surface area contributed by atoms with Crippen LogP contribution in [0, 0.1) is 11.6 Å². The second-order valence-electron chi connectivity index (χ2n) is 23.2. The number of carbonyl (C=O) groups is 6. The van der Waals surface area contributed by atoms with Gasteiger partial charge < -0.3 is 43.9 Å². The molecule has 1 N–H and O–H groups in total. The van der Waals surface area contributed by atoms with Gasteiger partial charge >= 0.3 is 36.2 Å². The number of esters is 2. The van der Waals surface area contributed by atoms with Gasteiger partial charge in [-0.2, -0.15) is 0 Å².